The number of hydrogen-bond acceptors (Lipinski definition) is 6. The van der Waals surface area contributed by atoms with Crippen molar-refractivity contribution in [2.75, 3.05) is 7.11 Å². The molecule has 7 nitrogen and oxygen atoms in total. The first-order valence-corrected chi connectivity index (χ1v) is 10.4. The number of nitrogens with one attached hydrogen (secondary N) is 1. The van der Waals surface area contributed by atoms with Crippen molar-refractivity contribution in [3.8, 4) is 5.75 Å². The molecule has 0 spiro atoms. The molecule has 1 atom stereocenters. The summed E-state index contributed by atoms with van der Waals surface area (Å²) in [7, 11) is 1.65. The lowest BCUT2D eigenvalue weighted by molar-refractivity contribution is -0.121. The fourth-order valence-corrected chi connectivity index (χ4v) is 4.04. The van der Waals surface area contributed by atoms with E-state index in [0.29, 0.717) is 17.7 Å². The predicted molar refractivity (Wildman–Crippen MR) is 105 cm³/mol. The summed E-state index contributed by atoms with van der Waals surface area (Å²) >= 11 is 1.40. The number of carbonyl (C=O) groups excluding carboxylic acids is 1. The topological polar surface area (TPSA) is 81.9 Å². The van der Waals surface area contributed by atoms with Crippen molar-refractivity contribution in [3.63, 3.8) is 0 Å². The highest BCUT2D eigenvalue weighted by Gasteiger charge is 2.22. The number of thioether (sulfide) groups is 1. The predicted octanol–water partition coefficient (Wildman–Crippen LogP) is 3.05. The van der Waals surface area contributed by atoms with Crippen LogP contribution in [-0.2, 0) is 11.3 Å². The van der Waals surface area contributed by atoms with Crippen molar-refractivity contribution in [2.24, 2.45) is 0 Å². The van der Waals surface area contributed by atoms with Gasteiger partial charge in [0.25, 0.3) is 0 Å². The Hall–Kier alpha value is -2.09. The maximum Gasteiger partial charge on any atom is 0.233 e. The Labute approximate surface area is 164 Å². The fraction of sp³-hybridized carbons (Fsp3) is 0.579. The molecular weight excluding hydrogens is 362 g/mol. The van der Waals surface area contributed by atoms with Gasteiger partial charge in [-0.15, -0.1) is 5.10 Å². The van der Waals surface area contributed by atoms with E-state index in [9.17, 15) is 4.79 Å². The fourth-order valence-electron chi connectivity index (χ4n) is 3.24. The first-order valence-electron chi connectivity index (χ1n) is 9.52. The molecule has 1 aliphatic rings. The van der Waals surface area contributed by atoms with Gasteiger partial charge in [-0.05, 0) is 47.9 Å². The van der Waals surface area contributed by atoms with Crippen molar-refractivity contribution >= 4 is 17.7 Å². The van der Waals surface area contributed by atoms with Crippen LogP contribution in [0.2, 0.25) is 0 Å². The zero-order chi connectivity index (χ0) is 19.1. The van der Waals surface area contributed by atoms with Gasteiger partial charge in [0.15, 0.2) is 0 Å². The second-order valence-electron chi connectivity index (χ2n) is 6.92. The largest absolute Gasteiger partial charge is 0.497 e. The van der Waals surface area contributed by atoms with Gasteiger partial charge in [-0.2, -0.15) is 0 Å². The highest BCUT2D eigenvalue weighted by Crippen LogP contribution is 2.23. The van der Waals surface area contributed by atoms with Gasteiger partial charge < -0.3 is 10.1 Å². The standard InChI is InChI=1S/C19H27N5O2S/c1-14(18(25)20-16-7-5-3-4-6-8-16)27-19-21-22-23-24(19)13-15-9-11-17(26-2)12-10-15/h9-12,14,16H,3-8,13H2,1-2H3,(H,20,25). The number of methoxy groups -OCH3 is 1. The molecule has 0 radical (unpaired) electrons. The number of tetrazole rings is 1. The van der Waals surface area contributed by atoms with E-state index < -0.39 is 0 Å². The van der Waals surface area contributed by atoms with Crippen molar-refractivity contribution < 1.29 is 9.53 Å². The molecule has 1 aromatic heterocycles. The quantitative estimate of drug-likeness (QED) is 0.579. The molecule has 0 saturated heterocycles. The molecule has 1 heterocycles. The lowest BCUT2D eigenvalue weighted by Crippen LogP contribution is -2.39. The molecule has 1 saturated carbocycles. The van der Waals surface area contributed by atoms with Gasteiger partial charge in [0.05, 0.1) is 18.9 Å². The zero-order valence-electron chi connectivity index (χ0n) is 15.9. The molecule has 0 bridgehead atoms. The minimum absolute atomic E-state index is 0.0610. The van der Waals surface area contributed by atoms with Crippen molar-refractivity contribution in [2.45, 2.75) is 68.4 Å². The lowest BCUT2D eigenvalue weighted by Gasteiger charge is -2.19. The van der Waals surface area contributed by atoms with E-state index >= 15 is 0 Å². The minimum atomic E-state index is -0.242. The third kappa shape index (κ3) is 5.69. The normalized spacial score (nSPS) is 16.5. The first kappa shape index (κ1) is 19.7. The molecule has 1 aromatic carbocycles. The molecule has 1 N–H and O–H groups in total. The van der Waals surface area contributed by atoms with E-state index in [1.165, 1.54) is 37.4 Å². The van der Waals surface area contributed by atoms with Gasteiger partial charge in [-0.25, -0.2) is 4.68 Å². The van der Waals surface area contributed by atoms with Crippen LogP contribution < -0.4 is 10.1 Å². The van der Waals surface area contributed by atoms with Crippen LogP contribution in [0, 0.1) is 0 Å². The summed E-state index contributed by atoms with van der Waals surface area (Å²) in [5.74, 6) is 0.875. The molecule has 2 aromatic rings. The van der Waals surface area contributed by atoms with E-state index in [0.717, 1.165) is 24.2 Å². The monoisotopic (exact) mass is 389 g/mol. The number of ether oxygens (including phenoxy) is 1. The molecule has 0 aliphatic heterocycles. The average Bonchev–Trinajstić information content (AvgIpc) is 2.94. The maximum atomic E-state index is 12.6. The Kier molecular flexibility index (Phi) is 7.09. The van der Waals surface area contributed by atoms with E-state index in [2.05, 4.69) is 20.8 Å². The summed E-state index contributed by atoms with van der Waals surface area (Å²) in [4.78, 5) is 12.6. The summed E-state index contributed by atoms with van der Waals surface area (Å²) < 4.78 is 6.91. The third-order valence-corrected chi connectivity index (χ3v) is 5.91. The second kappa shape index (κ2) is 9.73. The number of rotatable bonds is 7. The number of hydrogen-bond donors (Lipinski definition) is 1. The Morgan fingerprint density at radius 2 is 1.96 bits per heavy atom. The number of amides is 1. The first-order chi connectivity index (χ1) is 13.2. The molecule has 1 aliphatic carbocycles. The summed E-state index contributed by atoms with van der Waals surface area (Å²) in [6.45, 7) is 2.46. The van der Waals surface area contributed by atoms with E-state index in [1.54, 1.807) is 11.8 Å². The zero-order valence-corrected chi connectivity index (χ0v) is 16.7. The second-order valence-corrected chi connectivity index (χ2v) is 8.23. The van der Waals surface area contributed by atoms with Gasteiger partial charge in [0.1, 0.15) is 5.75 Å². The average molecular weight is 390 g/mol. The smallest absolute Gasteiger partial charge is 0.233 e. The summed E-state index contributed by atoms with van der Waals surface area (Å²) in [6, 6.07) is 8.09. The van der Waals surface area contributed by atoms with Crippen molar-refractivity contribution in [1.82, 2.24) is 25.5 Å². The van der Waals surface area contributed by atoms with E-state index in [1.807, 2.05) is 31.2 Å². The van der Waals surface area contributed by atoms with Crippen LogP contribution >= 0.6 is 11.8 Å². The van der Waals surface area contributed by atoms with E-state index in [4.69, 9.17) is 4.74 Å². The highest BCUT2D eigenvalue weighted by molar-refractivity contribution is 8.00. The Balaban J connectivity index is 1.56. The number of carbonyl (C=O) groups is 1. The maximum absolute atomic E-state index is 12.6. The SMILES string of the molecule is COc1ccc(Cn2nnnc2SC(C)C(=O)NC2CCCCCC2)cc1. The number of aromatic nitrogens is 4. The van der Waals surface area contributed by atoms with Gasteiger partial charge in [0.2, 0.25) is 11.1 Å². The molecule has 27 heavy (non-hydrogen) atoms. The summed E-state index contributed by atoms with van der Waals surface area (Å²) in [5, 5.41) is 15.5. The summed E-state index contributed by atoms with van der Waals surface area (Å²) in [5.41, 5.74) is 1.07. The molecule has 1 unspecified atom stereocenters. The van der Waals surface area contributed by atoms with Crippen LogP contribution in [0.4, 0.5) is 0 Å². The number of nitrogens with zero attached hydrogens (tertiary/aromatic N) is 4. The Morgan fingerprint density at radius 1 is 1.26 bits per heavy atom. The molecular formula is C19H27N5O2S. The van der Waals surface area contributed by atoms with Gasteiger partial charge in [-0.1, -0.05) is 49.6 Å². The van der Waals surface area contributed by atoms with Crippen LogP contribution in [0.3, 0.4) is 0 Å². The van der Waals surface area contributed by atoms with Gasteiger partial charge in [-0.3, -0.25) is 4.79 Å². The minimum Gasteiger partial charge on any atom is -0.497 e. The molecule has 1 amide bonds. The highest BCUT2D eigenvalue weighted by atomic mass is 32.2. The number of benzene rings is 1. The van der Waals surface area contributed by atoms with Crippen LogP contribution in [0.1, 0.15) is 51.0 Å². The lowest BCUT2D eigenvalue weighted by atomic mass is 10.1. The van der Waals surface area contributed by atoms with Gasteiger partial charge >= 0.3 is 0 Å². The van der Waals surface area contributed by atoms with Crippen LogP contribution in [-0.4, -0.2) is 44.5 Å². The van der Waals surface area contributed by atoms with Crippen molar-refractivity contribution in [1.29, 1.82) is 0 Å². The third-order valence-electron chi connectivity index (χ3n) is 4.84. The van der Waals surface area contributed by atoms with Crippen molar-refractivity contribution in [3.05, 3.63) is 29.8 Å². The van der Waals surface area contributed by atoms with Crippen LogP contribution in [0.25, 0.3) is 0 Å². The molecule has 8 heteroatoms. The Morgan fingerprint density at radius 3 is 2.63 bits per heavy atom. The Bertz CT molecular complexity index is 726. The molecule has 146 valence electrons. The molecule has 3 rings (SSSR count). The van der Waals surface area contributed by atoms with Crippen LogP contribution in [0.15, 0.2) is 29.4 Å². The van der Waals surface area contributed by atoms with Gasteiger partial charge in [0, 0.05) is 6.04 Å². The summed E-state index contributed by atoms with van der Waals surface area (Å²) in [6.07, 6.45) is 7.11. The van der Waals surface area contributed by atoms with Crippen LogP contribution in [0.5, 0.6) is 5.75 Å². The molecule has 1 fully saturated rings. The van der Waals surface area contributed by atoms with E-state index in [-0.39, 0.29) is 11.2 Å².